The summed E-state index contributed by atoms with van der Waals surface area (Å²) in [5.74, 6) is 0.208. The van der Waals surface area contributed by atoms with Gasteiger partial charge in [-0.2, -0.15) is 0 Å². The number of aliphatic hydroxyl groups is 1. The Kier molecular flexibility index (Phi) is 10.4. The number of nitrogens with one attached hydrogen (secondary N) is 2. The molecule has 0 heterocycles. The zero-order valence-corrected chi connectivity index (χ0v) is 16.7. The molecule has 26 heavy (non-hydrogen) atoms. The summed E-state index contributed by atoms with van der Waals surface area (Å²) in [5.41, 5.74) is 12.6. The predicted octanol–water partition coefficient (Wildman–Crippen LogP) is 2.18. The highest BCUT2D eigenvalue weighted by atomic mass is 16.3. The first-order valence-electron chi connectivity index (χ1n) is 9.94. The van der Waals surface area contributed by atoms with Crippen molar-refractivity contribution in [3.05, 3.63) is 0 Å². The van der Waals surface area contributed by atoms with E-state index in [1.807, 2.05) is 0 Å². The average Bonchev–Trinajstić information content (AvgIpc) is 2.58. The van der Waals surface area contributed by atoms with Crippen LogP contribution < -0.4 is 16.8 Å². The maximum Gasteiger partial charge on any atom is 0.144 e. The van der Waals surface area contributed by atoms with E-state index < -0.39 is 12.1 Å². The molecule has 1 fully saturated rings. The number of nitrogens with zero attached hydrogens (tertiary/aromatic N) is 2. The van der Waals surface area contributed by atoms with Crippen LogP contribution in [0.15, 0.2) is 9.98 Å². The third-order valence-electron chi connectivity index (χ3n) is 4.90. The second kappa shape index (κ2) is 12.0. The van der Waals surface area contributed by atoms with Crippen molar-refractivity contribution in [3.8, 4) is 0 Å². The Morgan fingerprint density at radius 3 is 2.42 bits per heavy atom. The first kappa shape index (κ1) is 22.6. The molecule has 0 aliphatic heterocycles. The second-order valence-corrected chi connectivity index (χ2v) is 7.42. The van der Waals surface area contributed by atoms with E-state index >= 15 is 0 Å². The number of aliphatic imine (C=N–C) groups is 2. The van der Waals surface area contributed by atoms with Crippen LogP contribution in [0, 0.1) is 11.3 Å². The van der Waals surface area contributed by atoms with Gasteiger partial charge in [0.2, 0.25) is 0 Å². The molecule has 0 aromatic rings. The van der Waals surface area contributed by atoms with Gasteiger partial charge in [0.05, 0.1) is 5.92 Å². The molecule has 1 aliphatic rings. The molecule has 0 saturated heterocycles. The number of aliphatic hydroxyl groups excluding tert-OH is 1. The van der Waals surface area contributed by atoms with Crippen LogP contribution >= 0.6 is 0 Å². The van der Waals surface area contributed by atoms with Gasteiger partial charge in [-0.05, 0) is 39.5 Å². The Morgan fingerprint density at radius 2 is 1.88 bits per heavy atom. The minimum atomic E-state index is -0.888. The zero-order valence-electron chi connectivity index (χ0n) is 16.7. The highest BCUT2D eigenvalue weighted by Gasteiger charge is 2.20. The number of hydrogen-bond acceptors (Lipinski definition) is 5. The minimum absolute atomic E-state index is 0.236. The summed E-state index contributed by atoms with van der Waals surface area (Å²) in [4.78, 5) is 8.47. The van der Waals surface area contributed by atoms with Gasteiger partial charge < -0.3 is 27.3 Å². The normalized spacial score (nSPS) is 20.6. The lowest BCUT2D eigenvalue weighted by atomic mass is 9.94. The zero-order chi connectivity index (χ0) is 19.5. The van der Waals surface area contributed by atoms with E-state index in [-0.39, 0.29) is 5.84 Å². The Bertz CT molecular complexity index is 482. The van der Waals surface area contributed by atoms with Gasteiger partial charge in [0, 0.05) is 30.8 Å². The van der Waals surface area contributed by atoms with Crippen molar-refractivity contribution >= 4 is 17.4 Å². The van der Waals surface area contributed by atoms with Crippen LogP contribution in [0.5, 0.6) is 0 Å². The van der Waals surface area contributed by atoms with Gasteiger partial charge in [-0.15, -0.1) is 0 Å². The highest BCUT2D eigenvalue weighted by Crippen LogP contribution is 2.18. The van der Waals surface area contributed by atoms with Crippen molar-refractivity contribution < 1.29 is 5.11 Å². The number of rotatable bonds is 11. The summed E-state index contributed by atoms with van der Waals surface area (Å²) < 4.78 is 0. The van der Waals surface area contributed by atoms with Gasteiger partial charge in [-0.3, -0.25) is 4.99 Å². The fraction of sp³-hybridized carbons (Fsp3) is 0.842. The Balaban J connectivity index is 2.61. The molecule has 7 N–H and O–H groups in total. The molecular formula is C19H38N6O. The molecule has 0 aromatic heterocycles. The van der Waals surface area contributed by atoms with Crippen molar-refractivity contribution in [1.82, 2.24) is 5.32 Å². The first-order valence-corrected chi connectivity index (χ1v) is 9.94. The lowest BCUT2D eigenvalue weighted by molar-refractivity contribution is 0.205. The maximum atomic E-state index is 9.41. The average molecular weight is 367 g/mol. The molecule has 3 atom stereocenters. The molecular weight excluding hydrogens is 328 g/mol. The summed E-state index contributed by atoms with van der Waals surface area (Å²) in [6, 6.07) is 1.08. The largest absolute Gasteiger partial charge is 0.387 e. The van der Waals surface area contributed by atoms with Crippen molar-refractivity contribution in [2.75, 3.05) is 6.54 Å². The quantitative estimate of drug-likeness (QED) is 0.283. The van der Waals surface area contributed by atoms with E-state index in [0.29, 0.717) is 36.6 Å². The van der Waals surface area contributed by atoms with Gasteiger partial charge in [0.15, 0.2) is 0 Å². The van der Waals surface area contributed by atoms with Crippen LogP contribution in [-0.4, -0.2) is 47.3 Å². The van der Waals surface area contributed by atoms with Gasteiger partial charge in [0.1, 0.15) is 17.9 Å². The van der Waals surface area contributed by atoms with E-state index in [0.717, 1.165) is 12.8 Å². The van der Waals surface area contributed by atoms with Gasteiger partial charge in [0.25, 0.3) is 0 Å². The number of amidine groups is 2. The third kappa shape index (κ3) is 8.76. The fourth-order valence-electron chi connectivity index (χ4n) is 3.44. The molecule has 1 aliphatic carbocycles. The van der Waals surface area contributed by atoms with Crippen LogP contribution in [-0.2, 0) is 0 Å². The molecule has 0 bridgehead atoms. The fourth-order valence-corrected chi connectivity index (χ4v) is 3.44. The minimum Gasteiger partial charge on any atom is -0.387 e. The first-order chi connectivity index (χ1) is 12.3. The molecule has 3 unspecified atom stereocenters. The lowest BCUT2D eigenvalue weighted by Crippen LogP contribution is -2.40. The van der Waals surface area contributed by atoms with E-state index in [1.54, 1.807) is 6.92 Å². The second-order valence-electron chi connectivity index (χ2n) is 7.42. The number of hydrogen-bond donors (Lipinski definition) is 5. The Labute approximate surface area is 158 Å². The van der Waals surface area contributed by atoms with E-state index in [9.17, 15) is 5.11 Å². The standard InChI is InChI=1S/C19H38N6O/c1-4-15(25-16-8-6-5-7-9-16)10-11-23-18(21)17(12-13(2)20)19(22)24-14(3)26/h14-17,20,25-26H,4-12H2,1-3H3,(H2,21,23)(H2,22,24). The van der Waals surface area contributed by atoms with Crippen molar-refractivity contribution in [1.29, 1.82) is 5.41 Å². The van der Waals surface area contributed by atoms with E-state index in [2.05, 4.69) is 22.2 Å². The van der Waals surface area contributed by atoms with Crippen LogP contribution in [0.3, 0.4) is 0 Å². The molecule has 1 saturated carbocycles. The molecule has 1 rings (SSSR count). The monoisotopic (exact) mass is 366 g/mol. The predicted molar refractivity (Wildman–Crippen MR) is 110 cm³/mol. The summed E-state index contributed by atoms with van der Waals surface area (Å²) in [7, 11) is 0. The molecule has 7 nitrogen and oxygen atoms in total. The maximum absolute atomic E-state index is 9.41. The summed E-state index contributed by atoms with van der Waals surface area (Å²) in [5, 5.41) is 20.9. The van der Waals surface area contributed by atoms with Crippen molar-refractivity contribution in [2.45, 2.75) is 90.4 Å². The van der Waals surface area contributed by atoms with Crippen LogP contribution in [0.2, 0.25) is 0 Å². The van der Waals surface area contributed by atoms with Crippen molar-refractivity contribution in [2.24, 2.45) is 27.4 Å². The summed E-state index contributed by atoms with van der Waals surface area (Å²) in [6.45, 7) is 6.07. The summed E-state index contributed by atoms with van der Waals surface area (Å²) >= 11 is 0. The smallest absolute Gasteiger partial charge is 0.144 e. The Hall–Kier alpha value is -1.47. The van der Waals surface area contributed by atoms with Crippen LogP contribution in [0.4, 0.5) is 0 Å². The van der Waals surface area contributed by atoms with E-state index in [1.165, 1.54) is 39.0 Å². The molecule has 7 heteroatoms. The van der Waals surface area contributed by atoms with Gasteiger partial charge >= 0.3 is 0 Å². The molecule has 0 spiro atoms. The van der Waals surface area contributed by atoms with Crippen molar-refractivity contribution in [3.63, 3.8) is 0 Å². The summed E-state index contributed by atoms with van der Waals surface area (Å²) in [6.07, 6.45) is 8.04. The van der Waals surface area contributed by atoms with E-state index in [4.69, 9.17) is 16.9 Å². The van der Waals surface area contributed by atoms with Gasteiger partial charge in [-0.1, -0.05) is 26.2 Å². The van der Waals surface area contributed by atoms with Crippen LogP contribution in [0.25, 0.3) is 0 Å². The Morgan fingerprint density at radius 1 is 1.23 bits per heavy atom. The number of nitrogens with two attached hydrogens (primary N) is 2. The SMILES string of the molecule is CCC(CCN=C(N)C(CC(C)=N)C(N)=NC(C)O)NC1CCCCC1. The van der Waals surface area contributed by atoms with Crippen LogP contribution in [0.1, 0.15) is 72.1 Å². The molecule has 0 amide bonds. The van der Waals surface area contributed by atoms with Gasteiger partial charge in [-0.25, -0.2) is 4.99 Å². The molecule has 0 radical (unpaired) electrons. The topological polar surface area (TPSA) is 133 Å². The lowest BCUT2D eigenvalue weighted by Gasteiger charge is -2.27. The molecule has 150 valence electrons. The highest BCUT2D eigenvalue weighted by molar-refractivity contribution is 6.07. The molecule has 0 aromatic carbocycles. The third-order valence-corrected chi connectivity index (χ3v) is 4.90.